The summed E-state index contributed by atoms with van der Waals surface area (Å²) in [4.78, 5) is 1.87. The van der Waals surface area contributed by atoms with Crippen LogP contribution in [0.25, 0.3) is 0 Å². The second-order valence-electron chi connectivity index (χ2n) is 3.01. The molecule has 0 radical (unpaired) electrons. The summed E-state index contributed by atoms with van der Waals surface area (Å²) < 4.78 is 59.8. The molecule has 2 nitrogen and oxygen atoms in total. The molecular formula is C9H6F4IO2-. The van der Waals surface area contributed by atoms with Crippen molar-refractivity contribution in [2.24, 2.45) is 0 Å². The average Bonchev–Trinajstić information content (AvgIpc) is 2.14. The van der Waals surface area contributed by atoms with Crippen LogP contribution in [-0.2, 0) is 10.8 Å². The standard InChI is InChI=1S/C9H6F4IO2/c1-14-5-2-3-7-6(4-5)8(10,11)16-9(12,13)15-7/h2-4H,1H3/q-1. The third-order valence-corrected chi connectivity index (χ3v) is 3.87. The average molecular weight is 349 g/mol. The van der Waals surface area contributed by atoms with Gasteiger partial charge in [-0.3, -0.25) is 0 Å². The number of hydrogen-bond acceptors (Lipinski definition) is 2. The van der Waals surface area contributed by atoms with E-state index in [1.165, 1.54) is 6.07 Å². The number of fused-ring (bicyclic) bond motifs is 1. The summed E-state index contributed by atoms with van der Waals surface area (Å²) in [7, 11) is 0. The monoisotopic (exact) mass is 349 g/mol. The Morgan fingerprint density at radius 1 is 1.19 bits per heavy atom. The Balaban J connectivity index is 2.51. The van der Waals surface area contributed by atoms with Gasteiger partial charge in [-0.2, -0.15) is 0 Å². The summed E-state index contributed by atoms with van der Waals surface area (Å²) in [6.45, 7) is 0. The van der Waals surface area contributed by atoms with Crippen LogP contribution in [-0.4, -0.2) is 11.2 Å². The molecule has 0 atom stereocenters. The fourth-order valence-electron chi connectivity index (χ4n) is 1.29. The van der Waals surface area contributed by atoms with Gasteiger partial charge >= 0.3 is 98.7 Å². The zero-order valence-electron chi connectivity index (χ0n) is 7.94. The Morgan fingerprint density at radius 2 is 1.88 bits per heavy atom. The first-order valence-electron chi connectivity index (χ1n) is 4.13. The molecule has 16 heavy (non-hydrogen) atoms. The van der Waals surface area contributed by atoms with Crippen LogP contribution in [0.4, 0.5) is 17.6 Å². The molecule has 0 N–H and O–H groups in total. The SMILES string of the molecule is C[I-]c1ccc2c(c1)C(F)(F)OC(F)(F)O2. The number of rotatable bonds is 1. The Hall–Kier alpha value is -0.570. The molecule has 1 aromatic carbocycles. The van der Waals surface area contributed by atoms with Gasteiger partial charge in [-0.1, -0.05) is 0 Å². The first kappa shape index (κ1) is 11.9. The van der Waals surface area contributed by atoms with Crippen LogP contribution in [0.3, 0.4) is 0 Å². The summed E-state index contributed by atoms with van der Waals surface area (Å²) in [5.74, 6) is -0.539. The van der Waals surface area contributed by atoms with E-state index in [9.17, 15) is 17.6 Å². The molecular weight excluding hydrogens is 343 g/mol. The molecule has 1 aromatic rings. The third kappa shape index (κ3) is 2.10. The van der Waals surface area contributed by atoms with E-state index >= 15 is 0 Å². The van der Waals surface area contributed by atoms with E-state index < -0.39 is 44.9 Å². The van der Waals surface area contributed by atoms with E-state index in [4.69, 9.17) is 0 Å². The molecule has 0 saturated carbocycles. The first-order valence-corrected chi connectivity index (χ1v) is 7.36. The number of hydrogen-bond donors (Lipinski definition) is 0. The van der Waals surface area contributed by atoms with Gasteiger partial charge in [0.05, 0.1) is 0 Å². The minimum absolute atomic E-state index is 0.406. The fraction of sp³-hybridized carbons (Fsp3) is 0.333. The minimum atomic E-state index is -4.29. The van der Waals surface area contributed by atoms with Gasteiger partial charge in [0.25, 0.3) is 0 Å². The van der Waals surface area contributed by atoms with Gasteiger partial charge in [0.2, 0.25) is 0 Å². The molecule has 0 saturated heterocycles. The Morgan fingerprint density at radius 3 is 2.50 bits per heavy atom. The normalized spacial score (nSPS) is 21.3. The summed E-state index contributed by atoms with van der Waals surface area (Å²) in [6.07, 6.45) is -8.31. The predicted octanol–water partition coefficient (Wildman–Crippen LogP) is -0.416. The zero-order valence-corrected chi connectivity index (χ0v) is 10.1. The van der Waals surface area contributed by atoms with Crippen molar-refractivity contribution in [1.29, 1.82) is 0 Å². The van der Waals surface area contributed by atoms with Crippen molar-refractivity contribution in [2.45, 2.75) is 12.4 Å². The Kier molecular flexibility index (Phi) is 2.77. The van der Waals surface area contributed by atoms with Gasteiger partial charge in [0.15, 0.2) is 0 Å². The van der Waals surface area contributed by atoms with Gasteiger partial charge in [0, 0.05) is 0 Å². The van der Waals surface area contributed by atoms with Crippen molar-refractivity contribution in [3.05, 3.63) is 27.3 Å². The zero-order chi connectivity index (χ0) is 12.0. The fourth-order valence-corrected chi connectivity index (χ4v) is 2.45. The maximum absolute atomic E-state index is 13.2. The summed E-state index contributed by atoms with van der Waals surface area (Å²) in [6, 6.07) is 3.78. The Labute approximate surface area is 98.8 Å². The predicted molar refractivity (Wildman–Crippen MR) is 41.6 cm³/mol. The van der Waals surface area contributed by atoms with Gasteiger partial charge in [-0.15, -0.1) is 0 Å². The molecule has 90 valence electrons. The summed E-state index contributed by atoms with van der Waals surface area (Å²) in [5.41, 5.74) is -0.641. The summed E-state index contributed by atoms with van der Waals surface area (Å²) >= 11 is -0.406. The molecule has 2 rings (SSSR count). The molecule has 1 heterocycles. The molecule has 0 unspecified atom stereocenters. The summed E-state index contributed by atoms with van der Waals surface area (Å²) in [5, 5.41) is 0. The number of benzene rings is 1. The van der Waals surface area contributed by atoms with Crippen LogP contribution >= 0.6 is 0 Å². The van der Waals surface area contributed by atoms with Crippen LogP contribution in [0.5, 0.6) is 5.75 Å². The van der Waals surface area contributed by atoms with Gasteiger partial charge < -0.3 is 0 Å². The second-order valence-corrected chi connectivity index (χ2v) is 5.34. The van der Waals surface area contributed by atoms with Crippen molar-refractivity contribution in [2.75, 3.05) is 4.93 Å². The number of ether oxygens (including phenoxy) is 2. The van der Waals surface area contributed by atoms with Crippen molar-refractivity contribution in [3.8, 4) is 5.75 Å². The van der Waals surface area contributed by atoms with Gasteiger partial charge in [0.1, 0.15) is 0 Å². The van der Waals surface area contributed by atoms with Crippen molar-refractivity contribution in [3.63, 3.8) is 0 Å². The quantitative estimate of drug-likeness (QED) is 0.390. The second kappa shape index (κ2) is 3.73. The van der Waals surface area contributed by atoms with Crippen LogP contribution in [0.2, 0.25) is 0 Å². The number of halogens is 5. The van der Waals surface area contributed by atoms with Crippen LogP contribution in [0, 0.1) is 3.57 Å². The molecule has 0 bridgehead atoms. The van der Waals surface area contributed by atoms with E-state index in [2.05, 4.69) is 9.47 Å². The molecule has 1 aliphatic heterocycles. The van der Waals surface area contributed by atoms with E-state index in [1.54, 1.807) is 0 Å². The topological polar surface area (TPSA) is 18.5 Å². The van der Waals surface area contributed by atoms with Crippen LogP contribution < -0.4 is 25.9 Å². The first-order chi connectivity index (χ1) is 7.34. The molecule has 0 fully saturated rings. The molecule has 0 amide bonds. The van der Waals surface area contributed by atoms with E-state index in [0.29, 0.717) is 3.57 Å². The third-order valence-electron chi connectivity index (χ3n) is 1.95. The van der Waals surface area contributed by atoms with E-state index in [0.717, 1.165) is 12.1 Å². The molecule has 0 aliphatic carbocycles. The molecule has 0 spiro atoms. The molecule has 7 heteroatoms. The van der Waals surface area contributed by atoms with Gasteiger partial charge in [-0.05, 0) is 0 Å². The van der Waals surface area contributed by atoms with Crippen molar-refractivity contribution in [1.82, 2.24) is 0 Å². The van der Waals surface area contributed by atoms with Crippen molar-refractivity contribution >= 4 is 0 Å². The van der Waals surface area contributed by atoms with Crippen LogP contribution in [0.1, 0.15) is 5.56 Å². The van der Waals surface area contributed by atoms with Crippen LogP contribution in [0.15, 0.2) is 18.2 Å². The van der Waals surface area contributed by atoms with E-state index in [-0.39, 0.29) is 0 Å². The molecule has 1 aliphatic rings. The number of alkyl halides is 5. The Bertz CT molecular complexity index is 422. The van der Waals surface area contributed by atoms with E-state index in [1.807, 2.05) is 4.93 Å². The maximum atomic E-state index is 13.2. The molecule has 0 aromatic heterocycles. The van der Waals surface area contributed by atoms with Crippen molar-refractivity contribution < 1.29 is 48.2 Å². The van der Waals surface area contributed by atoms with Gasteiger partial charge in [-0.25, -0.2) is 0 Å².